The van der Waals surface area contributed by atoms with Crippen LogP contribution in [0.3, 0.4) is 0 Å². The first-order valence-corrected chi connectivity index (χ1v) is 7.94. The average Bonchev–Trinajstić information content (AvgIpc) is 2.70. The Morgan fingerprint density at radius 2 is 2.06 bits per heavy atom. The third kappa shape index (κ3) is 3.34. The number of hydrogen-bond donors (Lipinski definition) is 2. The molecule has 0 saturated carbocycles. The summed E-state index contributed by atoms with van der Waals surface area (Å²) in [5, 5.41) is 7.15. The van der Waals surface area contributed by atoms with Gasteiger partial charge in [-0.25, -0.2) is 0 Å². The van der Waals surface area contributed by atoms with Crippen molar-refractivity contribution >= 4 is 11.3 Å². The summed E-state index contributed by atoms with van der Waals surface area (Å²) in [6.07, 6.45) is 3.93. The Morgan fingerprint density at radius 1 is 1.33 bits per heavy atom. The lowest BCUT2D eigenvalue weighted by Crippen LogP contribution is -2.42. The molecule has 0 unspecified atom stereocenters. The minimum absolute atomic E-state index is 0.534. The smallest absolute Gasteiger partial charge is 0.0300 e. The number of piperidine rings is 1. The average molecular weight is 266 g/mol. The second kappa shape index (κ2) is 6.18. The standard InChI is InChI=1S/C15H26N2S/c1-4-15(5-7-16-8-6-15)11-17-10-14-9-12(2)13(3)18-14/h9,16-17H,4-8,10-11H2,1-3H3. The molecule has 1 aromatic rings. The van der Waals surface area contributed by atoms with Crippen molar-refractivity contribution in [2.24, 2.45) is 5.41 Å². The van der Waals surface area contributed by atoms with E-state index in [-0.39, 0.29) is 0 Å². The van der Waals surface area contributed by atoms with E-state index in [9.17, 15) is 0 Å². The molecular weight excluding hydrogens is 240 g/mol. The Labute approximate surface area is 115 Å². The van der Waals surface area contributed by atoms with E-state index in [1.807, 2.05) is 11.3 Å². The molecule has 2 N–H and O–H groups in total. The van der Waals surface area contributed by atoms with Crippen LogP contribution in [0.1, 0.15) is 41.5 Å². The van der Waals surface area contributed by atoms with Crippen LogP contribution in [-0.4, -0.2) is 19.6 Å². The highest BCUT2D eigenvalue weighted by Crippen LogP contribution is 2.31. The molecule has 0 aromatic carbocycles. The number of hydrogen-bond acceptors (Lipinski definition) is 3. The Morgan fingerprint density at radius 3 is 2.61 bits per heavy atom. The van der Waals surface area contributed by atoms with Gasteiger partial charge in [0.15, 0.2) is 0 Å². The Balaban J connectivity index is 1.83. The van der Waals surface area contributed by atoms with Crippen LogP contribution in [-0.2, 0) is 6.54 Å². The fraction of sp³-hybridized carbons (Fsp3) is 0.733. The Kier molecular flexibility index (Phi) is 4.82. The molecule has 0 aliphatic carbocycles. The van der Waals surface area contributed by atoms with Gasteiger partial charge in [-0.3, -0.25) is 0 Å². The molecule has 0 radical (unpaired) electrons. The minimum Gasteiger partial charge on any atom is -0.317 e. The molecule has 2 rings (SSSR count). The molecular formula is C15H26N2S. The maximum Gasteiger partial charge on any atom is 0.0300 e. The van der Waals surface area contributed by atoms with E-state index in [0.717, 1.165) is 6.54 Å². The molecule has 1 saturated heterocycles. The van der Waals surface area contributed by atoms with E-state index < -0.39 is 0 Å². The molecule has 0 bridgehead atoms. The van der Waals surface area contributed by atoms with Crippen molar-refractivity contribution < 1.29 is 0 Å². The normalized spacial score (nSPS) is 19.1. The van der Waals surface area contributed by atoms with Crippen molar-refractivity contribution in [3.8, 4) is 0 Å². The third-order valence-corrected chi connectivity index (χ3v) is 5.58. The van der Waals surface area contributed by atoms with E-state index >= 15 is 0 Å². The lowest BCUT2D eigenvalue weighted by atomic mass is 9.76. The third-order valence-electron chi connectivity index (χ3n) is 4.43. The molecule has 3 heteroatoms. The Hall–Kier alpha value is -0.380. The molecule has 2 nitrogen and oxygen atoms in total. The van der Waals surface area contributed by atoms with Gasteiger partial charge in [0, 0.05) is 22.8 Å². The van der Waals surface area contributed by atoms with Gasteiger partial charge in [0.2, 0.25) is 0 Å². The van der Waals surface area contributed by atoms with Crippen molar-refractivity contribution in [3.63, 3.8) is 0 Å². The number of rotatable bonds is 5. The van der Waals surface area contributed by atoms with Crippen molar-refractivity contribution in [1.82, 2.24) is 10.6 Å². The molecule has 0 atom stereocenters. The van der Waals surface area contributed by atoms with Gasteiger partial charge >= 0.3 is 0 Å². The van der Waals surface area contributed by atoms with Gasteiger partial charge in [0.1, 0.15) is 0 Å². The van der Waals surface area contributed by atoms with E-state index in [2.05, 4.69) is 37.5 Å². The van der Waals surface area contributed by atoms with Gasteiger partial charge in [-0.2, -0.15) is 0 Å². The van der Waals surface area contributed by atoms with E-state index in [0.29, 0.717) is 5.41 Å². The monoisotopic (exact) mass is 266 g/mol. The summed E-state index contributed by atoms with van der Waals surface area (Å²) in [5.41, 5.74) is 1.97. The molecule has 1 fully saturated rings. The summed E-state index contributed by atoms with van der Waals surface area (Å²) in [4.78, 5) is 2.93. The van der Waals surface area contributed by atoms with Gasteiger partial charge in [-0.15, -0.1) is 11.3 Å². The molecule has 0 spiro atoms. The summed E-state index contributed by atoms with van der Waals surface area (Å²) in [6.45, 7) is 11.3. The van der Waals surface area contributed by atoms with Gasteiger partial charge in [0.25, 0.3) is 0 Å². The first-order valence-electron chi connectivity index (χ1n) is 7.12. The van der Waals surface area contributed by atoms with E-state index in [1.165, 1.54) is 54.2 Å². The fourth-order valence-electron chi connectivity index (χ4n) is 2.80. The van der Waals surface area contributed by atoms with Crippen LogP contribution in [0.25, 0.3) is 0 Å². The zero-order chi connectivity index (χ0) is 13.0. The summed E-state index contributed by atoms with van der Waals surface area (Å²) in [7, 11) is 0. The van der Waals surface area contributed by atoms with Crippen molar-refractivity contribution in [3.05, 3.63) is 21.4 Å². The van der Waals surface area contributed by atoms with Crippen molar-refractivity contribution in [2.45, 2.75) is 46.6 Å². The highest BCUT2D eigenvalue weighted by molar-refractivity contribution is 7.12. The topological polar surface area (TPSA) is 24.1 Å². The van der Waals surface area contributed by atoms with Crippen LogP contribution in [0.2, 0.25) is 0 Å². The predicted octanol–water partition coefficient (Wildman–Crippen LogP) is 3.23. The highest BCUT2D eigenvalue weighted by Gasteiger charge is 2.29. The number of nitrogens with one attached hydrogen (secondary N) is 2. The van der Waals surface area contributed by atoms with Gasteiger partial charge in [-0.1, -0.05) is 6.92 Å². The molecule has 18 heavy (non-hydrogen) atoms. The van der Waals surface area contributed by atoms with Crippen LogP contribution >= 0.6 is 11.3 Å². The number of aryl methyl sites for hydroxylation is 2. The lowest BCUT2D eigenvalue weighted by Gasteiger charge is -2.37. The second-order valence-corrected chi connectivity index (χ2v) is 7.00. The molecule has 2 heterocycles. The molecule has 0 amide bonds. The fourth-order valence-corrected chi connectivity index (χ4v) is 3.82. The summed E-state index contributed by atoms with van der Waals surface area (Å²) in [6, 6.07) is 2.33. The lowest BCUT2D eigenvalue weighted by molar-refractivity contribution is 0.186. The molecule has 102 valence electrons. The second-order valence-electron chi connectivity index (χ2n) is 5.66. The SMILES string of the molecule is CCC1(CNCc2cc(C)c(C)s2)CCNCC1. The maximum atomic E-state index is 3.69. The zero-order valence-electron chi connectivity index (χ0n) is 11.9. The van der Waals surface area contributed by atoms with Crippen molar-refractivity contribution in [1.29, 1.82) is 0 Å². The maximum absolute atomic E-state index is 3.69. The minimum atomic E-state index is 0.534. The number of thiophene rings is 1. The molecule has 1 aromatic heterocycles. The summed E-state index contributed by atoms with van der Waals surface area (Å²) < 4.78 is 0. The van der Waals surface area contributed by atoms with E-state index in [1.54, 1.807) is 0 Å². The van der Waals surface area contributed by atoms with E-state index in [4.69, 9.17) is 0 Å². The quantitative estimate of drug-likeness (QED) is 0.855. The van der Waals surface area contributed by atoms with Gasteiger partial charge in [-0.05, 0) is 63.2 Å². The summed E-state index contributed by atoms with van der Waals surface area (Å²) in [5.74, 6) is 0. The highest BCUT2D eigenvalue weighted by atomic mass is 32.1. The van der Waals surface area contributed by atoms with Gasteiger partial charge < -0.3 is 10.6 Å². The largest absolute Gasteiger partial charge is 0.317 e. The van der Waals surface area contributed by atoms with Crippen LogP contribution < -0.4 is 10.6 Å². The van der Waals surface area contributed by atoms with Crippen LogP contribution in [0.4, 0.5) is 0 Å². The Bertz CT molecular complexity index is 358. The summed E-state index contributed by atoms with van der Waals surface area (Å²) >= 11 is 1.93. The zero-order valence-corrected chi connectivity index (χ0v) is 12.8. The molecule has 1 aliphatic heterocycles. The predicted molar refractivity (Wildman–Crippen MR) is 80.3 cm³/mol. The van der Waals surface area contributed by atoms with Gasteiger partial charge in [0.05, 0.1) is 0 Å². The van der Waals surface area contributed by atoms with Crippen molar-refractivity contribution in [2.75, 3.05) is 19.6 Å². The first kappa shape index (κ1) is 14.0. The molecule has 1 aliphatic rings. The van der Waals surface area contributed by atoms with Crippen LogP contribution in [0.5, 0.6) is 0 Å². The first-order chi connectivity index (χ1) is 8.65. The van der Waals surface area contributed by atoms with Crippen LogP contribution in [0, 0.1) is 19.3 Å². The van der Waals surface area contributed by atoms with Crippen LogP contribution in [0.15, 0.2) is 6.07 Å².